The highest BCUT2D eigenvalue weighted by molar-refractivity contribution is 8.00. The van der Waals surface area contributed by atoms with Gasteiger partial charge >= 0.3 is 0 Å². The Hall–Kier alpha value is -3.64. The Labute approximate surface area is 207 Å². The Morgan fingerprint density at radius 1 is 1.11 bits per heavy atom. The van der Waals surface area contributed by atoms with Gasteiger partial charge in [-0.3, -0.25) is 14.0 Å². The standard InChI is InChI=1S/C26H26N6O2S/c1-17-10-12-19(13-11-17)31-23(34)20-8-4-5-9-21(20)32-24(31)29-30-25(32)35-18(2)22(33)28-26(16-27)14-6-3-7-15-26/h4-5,8-13,18H,3,6-7,14-15H2,1-2H3,(H,28,33). The molecular formula is C26H26N6O2S. The Bertz CT molecular complexity index is 1510. The zero-order valence-corrected chi connectivity index (χ0v) is 20.5. The molecule has 1 aliphatic rings. The van der Waals surface area contributed by atoms with Crippen LogP contribution in [-0.2, 0) is 4.79 Å². The van der Waals surface area contributed by atoms with Crippen LogP contribution in [0.25, 0.3) is 22.4 Å². The van der Waals surface area contributed by atoms with E-state index >= 15 is 0 Å². The van der Waals surface area contributed by atoms with Crippen LogP contribution in [0.4, 0.5) is 0 Å². The van der Waals surface area contributed by atoms with Crippen molar-refractivity contribution in [1.82, 2.24) is 24.5 Å². The number of fused-ring (bicyclic) bond motifs is 3. The number of nitrogens with zero attached hydrogens (tertiary/aromatic N) is 5. The van der Waals surface area contributed by atoms with Gasteiger partial charge in [-0.15, -0.1) is 10.2 Å². The van der Waals surface area contributed by atoms with Crippen molar-refractivity contribution >= 4 is 34.3 Å². The Morgan fingerprint density at radius 2 is 1.83 bits per heavy atom. The molecule has 1 fully saturated rings. The van der Waals surface area contributed by atoms with Gasteiger partial charge in [0.2, 0.25) is 11.7 Å². The van der Waals surface area contributed by atoms with Gasteiger partial charge in [-0.25, -0.2) is 4.57 Å². The number of thioether (sulfide) groups is 1. The number of hydrogen-bond acceptors (Lipinski definition) is 6. The van der Waals surface area contributed by atoms with Gasteiger partial charge in [0.15, 0.2) is 5.16 Å². The fraction of sp³-hybridized carbons (Fsp3) is 0.346. The molecule has 2 aromatic heterocycles. The van der Waals surface area contributed by atoms with Crippen molar-refractivity contribution in [2.75, 3.05) is 0 Å². The largest absolute Gasteiger partial charge is 0.337 e. The lowest BCUT2D eigenvalue weighted by Gasteiger charge is -2.32. The van der Waals surface area contributed by atoms with Crippen LogP contribution in [0.5, 0.6) is 0 Å². The summed E-state index contributed by atoms with van der Waals surface area (Å²) in [7, 11) is 0. The Morgan fingerprint density at radius 3 is 2.54 bits per heavy atom. The summed E-state index contributed by atoms with van der Waals surface area (Å²) in [5.41, 5.74) is 1.48. The number of aromatic nitrogens is 4. The zero-order chi connectivity index (χ0) is 24.6. The molecule has 4 aromatic rings. The van der Waals surface area contributed by atoms with E-state index in [-0.39, 0.29) is 11.5 Å². The minimum absolute atomic E-state index is 0.181. The predicted octanol–water partition coefficient (Wildman–Crippen LogP) is 4.17. The summed E-state index contributed by atoms with van der Waals surface area (Å²) in [5, 5.41) is 22.0. The van der Waals surface area contributed by atoms with Crippen LogP contribution in [-0.4, -0.2) is 35.9 Å². The van der Waals surface area contributed by atoms with Crippen molar-refractivity contribution in [2.45, 2.75) is 61.9 Å². The lowest BCUT2D eigenvalue weighted by atomic mass is 9.83. The van der Waals surface area contributed by atoms with E-state index in [0.717, 1.165) is 24.8 Å². The van der Waals surface area contributed by atoms with Crippen LogP contribution < -0.4 is 10.9 Å². The molecule has 1 saturated carbocycles. The summed E-state index contributed by atoms with van der Waals surface area (Å²) in [4.78, 5) is 26.5. The van der Waals surface area contributed by atoms with E-state index in [1.807, 2.05) is 53.8 Å². The minimum atomic E-state index is -0.796. The molecule has 8 nitrogen and oxygen atoms in total. The maximum Gasteiger partial charge on any atom is 0.267 e. The molecule has 0 saturated heterocycles. The number of para-hydroxylation sites is 1. The first kappa shape index (κ1) is 23.1. The summed E-state index contributed by atoms with van der Waals surface area (Å²) in [6.45, 7) is 3.79. The zero-order valence-electron chi connectivity index (χ0n) is 19.7. The third kappa shape index (κ3) is 4.19. The van der Waals surface area contributed by atoms with E-state index in [9.17, 15) is 14.9 Å². The number of carbonyl (C=O) groups excluding carboxylic acids is 1. The fourth-order valence-corrected chi connectivity index (χ4v) is 5.51. The van der Waals surface area contributed by atoms with Gasteiger partial charge in [0.05, 0.1) is 27.9 Å². The van der Waals surface area contributed by atoms with E-state index in [4.69, 9.17) is 0 Å². The maximum absolute atomic E-state index is 13.4. The number of nitriles is 1. The van der Waals surface area contributed by atoms with Gasteiger partial charge in [-0.2, -0.15) is 5.26 Å². The second-order valence-corrected chi connectivity index (χ2v) is 10.4. The van der Waals surface area contributed by atoms with E-state index < -0.39 is 10.8 Å². The molecule has 0 bridgehead atoms. The van der Waals surface area contributed by atoms with Crippen LogP contribution in [0.3, 0.4) is 0 Å². The first-order valence-electron chi connectivity index (χ1n) is 11.8. The topological polar surface area (TPSA) is 105 Å². The van der Waals surface area contributed by atoms with Gasteiger partial charge in [0.25, 0.3) is 5.56 Å². The number of nitrogens with one attached hydrogen (secondary N) is 1. The quantitative estimate of drug-likeness (QED) is 0.425. The van der Waals surface area contributed by atoms with E-state index in [1.54, 1.807) is 17.6 Å². The van der Waals surface area contributed by atoms with Crippen molar-refractivity contribution < 1.29 is 4.79 Å². The van der Waals surface area contributed by atoms with E-state index in [2.05, 4.69) is 21.6 Å². The average Bonchev–Trinajstić information content (AvgIpc) is 3.29. The Balaban J connectivity index is 1.55. The molecule has 2 heterocycles. The smallest absolute Gasteiger partial charge is 0.267 e. The van der Waals surface area contributed by atoms with Gasteiger partial charge in [-0.05, 0) is 51.0 Å². The molecule has 1 amide bonds. The lowest BCUT2D eigenvalue weighted by Crippen LogP contribution is -2.50. The van der Waals surface area contributed by atoms with E-state index in [0.29, 0.717) is 40.4 Å². The normalized spacial score (nSPS) is 16.1. The number of benzene rings is 2. The number of aryl methyl sites for hydroxylation is 1. The molecule has 0 spiro atoms. The summed E-state index contributed by atoms with van der Waals surface area (Å²) in [6.07, 6.45) is 4.31. The minimum Gasteiger partial charge on any atom is -0.337 e. The molecule has 1 aliphatic carbocycles. The van der Waals surface area contributed by atoms with Crippen LogP contribution in [0, 0.1) is 18.3 Å². The van der Waals surface area contributed by atoms with Crippen molar-refractivity contribution in [2.24, 2.45) is 0 Å². The van der Waals surface area contributed by atoms with Crippen LogP contribution in [0.1, 0.15) is 44.6 Å². The van der Waals surface area contributed by atoms with Crippen LogP contribution in [0.2, 0.25) is 0 Å². The summed E-state index contributed by atoms with van der Waals surface area (Å²) >= 11 is 1.27. The SMILES string of the molecule is Cc1ccc(-n2c(=O)c3ccccc3n3c(SC(C)C(=O)NC4(C#N)CCCCC4)nnc23)cc1. The molecule has 1 N–H and O–H groups in total. The second-order valence-electron chi connectivity index (χ2n) is 9.12. The van der Waals surface area contributed by atoms with Crippen molar-refractivity contribution in [3.63, 3.8) is 0 Å². The molecule has 2 aromatic carbocycles. The van der Waals surface area contributed by atoms with Gasteiger partial charge in [0.1, 0.15) is 5.54 Å². The third-order valence-corrected chi connectivity index (χ3v) is 7.66. The molecule has 0 radical (unpaired) electrons. The molecule has 35 heavy (non-hydrogen) atoms. The fourth-order valence-electron chi connectivity index (χ4n) is 4.65. The first-order valence-corrected chi connectivity index (χ1v) is 12.7. The van der Waals surface area contributed by atoms with Crippen molar-refractivity contribution in [1.29, 1.82) is 5.26 Å². The summed E-state index contributed by atoms with van der Waals surface area (Å²) < 4.78 is 3.38. The third-order valence-electron chi connectivity index (χ3n) is 6.62. The molecular weight excluding hydrogens is 460 g/mol. The first-order chi connectivity index (χ1) is 16.9. The molecule has 9 heteroatoms. The van der Waals surface area contributed by atoms with Gasteiger partial charge in [0, 0.05) is 0 Å². The second kappa shape index (κ2) is 9.19. The predicted molar refractivity (Wildman–Crippen MR) is 136 cm³/mol. The molecule has 178 valence electrons. The monoisotopic (exact) mass is 486 g/mol. The summed E-state index contributed by atoms with van der Waals surface area (Å²) in [6, 6.07) is 17.3. The molecule has 5 rings (SSSR count). The van der Waals surface area contributed by atoms with Crippen LogP contribution in [0.15, 0.2) is 58.5 Å². The van der Waals surface area contributed by atoms with E-state index in [1.165, 1.54) is 11.8 Å². The van der Waals surface area contributed by atoms with Crippen molar-refractivity contribution in [3.05, 3.63) is 64.4 Å². The highest BCUT2D eigenvalue weighted by Gasteiger charge is 2.35. The number of carbonyl (C=O) groups is 1. The molecule has 1 unspecified atom stereocenters. The van der Waals surface area contributed by atoms with Crippen LogP contribution >= 0.6 is 11.8 Å². The van der Waals surface area contributed by atoms with Gasteiger partial charge in [-0.1, -0.05) is 60.9 Å². The number of hydrogen-bond donors (Lipinski definition) is 1. The van der Waals surface area contributed by atoms with Crippen molar-refractivity contribution in [3.8, 4) is 11.8 Å². The van der Waals surface area contributed by atoms with Gasteiger partial charge < -0.3 is 5.32 Å². The molecule has 0 aliphatic heterocycles. The highest BCUT2D eigenvalue weighted by Crippen LogP contribution is 2.30. The number of rotatable bonds is 5. The summed E-state index contributed by atoms with van der Waals surface area (Å²) in [5.74, 6) is 0.180. The Kier molecular flexibility index (Phi) is 6.07. The molecule has 1 atom stereocenters. The number of amides is 1. The highest BCUT2D eigenvalue weighted by atomic mass is 32.2. The maximum atomic E-state index is 13.4. The average molecular weight is 487 g/mol. The lowest BCUT2D eigenvalue weighted by molar-refractivity contribution is -0.121.